The number of hydrogen-bond acceptors (Lipinski definition) is 3. The first-order chi connectivity index (χ1) is 12.0. The molecule has 2 fully saturated rings. The largest absolute Gasteiger partial charge is 0.344 e. The second-order valence-electron chi connectivity index (χ2n) is 7.20. The zero-order chi connectivity index (χ0) is 17.9. The number of carbonyl (C=O) groups is 3. The minimum Gasteiger partial charge on any atom is -0.322 e. The minimum absolute atomic E-state index is 0.106. The van der Waals surface area contributed by atoms with Crippen molar-refractivity contribution in [1.82, 2.24) is 15.8 Å². The first-order valence-corrected chi connectivity index (χ1v) is 9.01. The second-order valence-corrected chi connectivity index (χ2v) is 7.20. The summed E-state index contributed by atoms with van der Waals surface area (Å²) in [6.45, 7) is 1.71. The lowest BCUT2D eigenvalue weighted by atomic mass is 9.89. The van der Waals surface area contributed by atoms with Gasteiger partial charge in [0.05, 0.1) is 0 Å². The molecule has 1 aliphatic heterocycles. The smallest absolute Gasteiger partial charge is 0.322 e. The van der Waals surface area contributed by atoms with Crippen LogP contribution in [0.15, 0.2) is 30.3 Å². The van der Waals surface area contributed by atoms with Crippen molar-refractivity contribution >= 4 is 17.8 Å². The van der Waals surface area contributed by atoms with Gasteiger partial charge in [-0.25, -0.2) is 4.79 Å². The van der Waals surface area contributed by atoms with Gasteiger partial charge in [-0.05, 0) is 38.2 Å². The molecule has 1 aliphatic carbocycles. The molecule has 1 aromatic rings. The van der Waals surface area contributed by atoms with Crippen molar-refractivity contribution < 1.29 is 14.4 Å². The highest BCUT2D eigenvalue weighted by atomic mass is 16.2. The Morgan fingerprint density at radius 1 is 1.20 bits per heavy atom. The maximum atomic E-state index is 12.7. The summed E-state index contributed by atoms with van der Waals surface area (Å²) in [6, 6.07) is 9.27. The number of hydrazine groups is 1. The summed E-state index contributed by atoms with van der Waals surface area (Å²) in [5, 5.41) is 3.59. The van der Waals surface area contributed by atoms with Crippen LogP contribution in [0.2, 0.25) is 0 Å². The number of nitrogens with zero attached hydrogens (tertiary/aromatic N) is 1. The molecule has 2 N–H and O–H groups in total. The predicted octanol–water partition coefficient (Wildman–Crippen LogP) is 2.54. The Bertz CT molecular complexity index is 655. The Kier molecular flexibility index (Phi) is 5.06. The van der Waals surface area contributed by atoms with Crippen LogP contribution in [0.5, 0.6) is 0 Å². The van der Waals surface area contributed by atoms with Gasteiger partial charge in [-0.2, -0.15) is 5.01 Å². The molecular formula is C19H25N3O3. The fraction of sp³-hybridized carbons (Fsp3) is 0.526. The Labute approximate surface area is 147 Å². The van der Waals surface area contributed by atoms with Gasteiger partial charge in [-0.3, -0.25) is 15.0 Å². The molecule has 4 amide bonds. The van der Waals surface area contributed by atoms with Crippen LogP contribution < -0.4 is 10.7 Å². The van der Waals surface area contributed by atoms with E-state index in [1.807, 2.05) is 30.3 Å². The Morgan fingerprint density at radius 2 is 1.88 bits per heavy atom. The summed E-state index contributed by atoms with van der Waals surface area (Å²) in [5.41, 5.74) is 2.65. The molecule has 3 rings (SSSR count). The molecule has 0 radical (unpaired) electrons. The Morgan fingerprint density at radius 3 is 2.56 bits per heavy atom. The van der Waals surface area contributed by atoms with Crippen LogP contribution in [-0.4, -0.2) is 28.4 Å². The van der Waals surface area contributed by atoms with Gasteiger partial charge in [-0.15, -0.1) is 0 Å². The summed E-state index contributed by atoms with van der Waals surface area (Å²) in [4.78, 5) is 37.3. The molecule has 1 saturated heterocycles. The fourth-order valence-corrected chi connectivity index (χ4v) is 3.56. The fourth-order valence-electron chi connectivity index (χ4n) is 3.56. The summed E-state index contributed by atoms with van der Waals surface area (Å²) in [7, 11) is 0. The summed E-state index contributed by atoms with van der Waals surface area (Å²) >= 11 is 0. The van der Waals surface area contributed by atoms with Gasteiger partial charge in [0.15, 0.2) is 0 Å². The van der Waals surface area contributed by atoms with E-state index in [-0.39, 0.29) is 11.8 Å². The van der Waals surface area contributed by atoms with Crippen LogP contribution in [0.4, 0.5) is 4.79 Å². The van der Waals surface area contributed by atoms with E-state index in [2.05, 4.69) is 10.7 Å². The number of rotatable bonds is 5. The molecule has 0 spiro atoms. The van der Waals surface area contributed by atoms with Gasteiger partial charge in [-0.1, -0.05) is 49.6 Å². The number of benzene rings is 1. The lowest BCUT2D eigenvalue weighted by molar-refractivity contribution is -0.140. The molecule has 1 heterocycles. The maximum Gasteiger partial charge on any atom is 0.344 e. The third-order valence-corrected chi connectivity index (χ3v) is 5.22. The highest BCUT2D eigenvalue weighted by Crippen LogP contribution is 2.25. The molecule has 0 unspecified atom stereocenters. The van der Waals surface area contributed by atoms with E-state index < -0.39 is 17.5 Å². The molecule has 0 aromatic heterocycles. The van der Waals surface area contributed by atoms with Gasteiger partial charge in [0.1, 0.15) is 5.54 Å². The van der Waals surface area contributed by atoms with Crippen molar-refractivity contribution in [2.75, 3.05) is 0 Å². The number of amides is 4. The van der Waals surface area contributed by atoms with Crippen molar-refractivity contribution in [2.45, 2.75) is 57.4 Å². The van der Waals surface area contributed by atoms with E-state index in [4.69, 9.17) is 0 Å². The molecule has 1 atom stereocenters. The van der Waals surface area contributed by atoms with Gasteiger partial charge in [0, 0.05) is 5.92 Å². The van der Waals surface area contributed by atoms with Crippen LogP contribution in [0.25, 0.3) is 0 Å². The van der Waals surface area contributed by atoms with Crippen molar-refractivity contribution in [2.24, 2.45) is 5.92 Å². The minimum atomic E-state index is -0.993. The van der Waals surface area contributed by atoms with Gasteiger partial charge < -0.3 is 5.32 Å². The molecule has 25 heavy (non-hydrogen) atoms. The quantitative estimate of drug-likeness (QED) is 0.807. The molecule has 1 saturated carbocycles. The standard InChI is InChI=1S/C19H25N3O3/c1-19(13-12-14-8-4-2-5-9-14)17(24)22(18(25)20-19)21-16(23)15-10-6-3-7-11-15/h2,4-5,8-9,15H,3,6-7,10-13H2,1H3,(H,20,25)(H,21,23)/t19-/m0/s1. The van der Waals surface area contributed by atoms with E-state index in [9.17, 15) is 14.4 Å². The normalized spacial score (nSPS) is 24.3. The molecule has 1 aromatic carbocycles. The lowest BCUT2D eigenvalue weighted by Crippen LogP contribution is -2.50. The van der Waals surface area contributed by atoms with Crippen LogP contribution in [0, 0.1) is 5.92 Å². The molecule has 6 heteroatoms. The SMILES string of the molecule is C[C@@]1(CCc2ccccc2)NC(=O)N(NC(=O)C2CCCCC2)C1=O. The topological polar surface area (TPSA) is 78.5 Å². The molecule has 0 bridgehead atoms. The van der Waals surface area contributed by atoms with Crippen molar-refractivity contribution in [3.8, 4) is 0 Å². The van der Waals surface area contributed by atoms with Gasteiger partial charge >= 0.3 is 6.03 Å². The highest BCUT2D eigenvalue weighted by Gasteiger charge is 2.48. The number of aryl methyl sites for hydroxylation is 1. The zero-order valence-electron chi connectivity index (χ0n) is 14.6. The van der Waals surface area contributed by atoms with Crippen LogP contribution in [-0.2, 0) is 16.0 Å². The predicted molar refractivity (Wildman–Crippen MR) is 93.3 cm³/mol. The average molecular weight is 343 g/mol. The molecular weight excluding hydrogens is 318 g/mol. The first-order valence-electron chi connectivity index (χ1n) is 9.01. The molecule has 2 aliphatic rings. The molecule has 6 nitrogen and oxygen atoms in total. The van der Waals surface area contributed by atoms with Gasteiger partial charge in [0.2, 0.25) is 5.91 Å². The van der Waals surface area contributed by atoms with Crippen LogP contribution in [0.1, 0.15) is 51.0 Å². The third-order valence-electron chi connectivity index (χ3n) is 5.22. The number of hydrogen-bond donors (Lipinski definition) is 2. The summed E-state index contributed by atoms with van der Waals surface area (Å²) in [5.74, 6) is -0.723. The number of nitrogens with one attached hydrogen (secondary N) is 2. The molecule has 134 valence electrons. The van der Waals surface area contributed by atoms with E-state index >= 15 is 0 Å². The Hall–Kier alpha value is -2.37. The third kappa shape index (κ3) is 3.83. The average Bonchev–Trinajstić information content (AvgIpc) is 2.85. The highest BCUT2D eigenvalue weighted by molar-refractivity contribution is 6.07. The second kappa shape index (κ2) is 7.25. The van der Waals surface area contributed by atoms with Crippen LogP contribution >= 0.6 is 0 Å². The van der Waals surface area contributed by atoms with E-state index in [1.54, 1.807) is 6.92 Å². The lowest BCUT2D eigenvalue weighted by Gasteiger charge is -2.24. The van der Waals surface area contributed by atoms with E-state index in [0.29, 0.717) is 12.8 Å². The number of imide groups is 1. The van der Waals surface area contributed by atoms with Crippen molar-refractivity contribution in [3.05, 3.63) is 35.9 Å². The van der Waals surface area contributed by atoms with Crippen LogP contribution in [0.3, 0.4) is 0 Å². The Balaban J connectivity index is 1.61. The monoisotopic (exact) mass is 343 g/mol. The number of carbonyl (C=O) groups excluding carboxylic acids is 3. The first kappa shape index (κ1) is 17.5. The van der Waals surface area contributed by atoms with E-state index in [1.165, 1.54) is 0 Å². The zero-order valence-corrected chi connectivity index (χ0v) is 14.6. The van der Waals surface area contributed by atoms with E-state index in [0.717, 1.165) is 42.7 Å². The van der Waals surface area contributed by atoms with Gasteiger partial charge in [0.25, 0.3) is 5.91 Å². The van der Waals surface area contributed by atoms with Crippen molar-refractivity contribution in [3.63, 3.8) is 0 Å². The summed E-state index contributed by atoms with van der Waals surface area (Å²) in [6.07, 6.45) is 5.98. The summed E-state index contributed by atoms with van der Waals surface area (Å²) < 4.78 is 0. The number of urea groups is 1. The maximum absolute atomic E-state index is 12.7. The van der Waals surface area contributed by atoms with Crippen molar-refractivity contribution in [1.29, 1.82) is 0 Å².